The number of aromatic nitrogens is 2. The van der Waals surface area contributed by atoms with Crippen LogP contribution in [0.4, 0.5) is 19.0 Å². The second-order valence-corrected chi connectivity index (χ2v) is 4.17. The van der Waals surface area contributed by atoms with Crippen LogP contribution in [-0.4, -0.2) is 9.78 Å². The fraction of sp³-hybridized carbons (Fsp3) is 0.182. The largest absolute Gasteiger partial charge is 0.416 e. The summed E-state index contributed by atoms with van der Waals surface area (Å²) in [5.41, 5.74) is 4.74. The van der Waals surface area contributed by atoms with Crippen LogP contribution in [0.2, 0.25) is 5.02 Å². The molecule has 0 amide bonds. The van der Waals surface area contributed by atoms with Crippen molar-refractivity contribution in [2.75, 3.05) is 5.73 Å². The van der Waals surface area contributed by atoms with E-state index in [1.165, 1.54) is 29.1 Å². The van der Waals surface area contributed by atoms with Gasteiger partial charge in [-0.2, -0.15) is 18.3 Å². The zero-order valence-corrected chi connectivity index (χ0v) is 9.83. The highest BCUT2D eigenvalue weighted by atomic mass is 35.5. The zero-order valence-electron chi connectivity index (χ0n) is 9.08. The van der Waals surface area contributed by atoms with Crippen molar-refractivity contribution in [3.63, 3.8) is 0 Å². The van der Waals surface area contributed by atoms with Crippen molar-refractivity contribution < 1.29 is 13.2 Å². The molecule has 0 saturated heterocycles. The van der Waals surface area contributed by atoms with Gasteiger partial charge in [0.05, 0.1) is 12.1 Å². The lowest BCUT2D eigenvalue weighted by Gasteiger charge is -2.13. The Morgan fingerprint density at radius 3 is 2.56 bits per heavy atom. The van der Waals surface area contributed by atoms with Gasteiger partial charge in [-0.25, -0.2) is 0 Å². The van der Waals surface area contributed by atoms with E-state index in [0.717, 1.165) is 6.07 Å². The quantitative estimate of drug-likeness (QED) is 0.915. The highest BCUT2D eigenvalue weighted by molar-refractivity contribution is 6.30. The van der Waals surface area contributed by atoms with Crippen LogP contribution in [0, 0.1) is 0 Å². The van der Waals surface area contributed by atoms with Gasteiger partial charge in [0.1, 0.15) is 5.82 Å². The van der Waals surface area contributed by atoms with Crippen LogP contribution in [0.5, 0.6) is 0 Å². The number of anilines is 1. The van der Waals surface area contributed by atoms with Crippen LogP contribution >= 0.6 is 11.6 Å². The van der Waals surface area contributed by atoms with E-state index < -0.39 is 11.7 Å². The van der Waals surface area contributed by atoms with Gasteiger partial charge < -0.3 is 5.73 Å². The van der Waals surface area contributed by atoms with Gasteiger partial charge in [0.15, 0.2) is 0 Å². The average Bonchev–Trinajstić information content (AvgIpc) is 2.65. The second-order valence-electron chi connectivity index (χ2n) is 3.74. The molecule has 0 spiro atoms. The molecule has 0 saturated carbocycles. The molecule has 0 bridgehead atoms. The van der Waals surface area contributed by atoms with Gasteiger partial charge in [-0.15, -0.1) is 0 Å². The maximum atomic E-state index is 12.8. The van der Waals surface area contributed by atoms with Gasteiger partial charge in [-0.1, -0.05) is 17.7 Å². The first-order chi connectivity index (χ1) is 8.36. The van der Waals surface area contributed by atoms with Crippen molar-refractivity contribution in [1.82, 2.24) is 9.78 Å². The maximum Gasteiger partial charge on any atom is 0.416 e. The number of hydrogen-bond acceptors (Lipinski definition) is 2. The molecule has 2 rings (SSSR count). The lowest BCUT2D eigenvalue weighted by Crippen LogP contribution is -2.12. The number of halogens is 4. The van der Waals surface area contributed by atoms with Crippen molar-refractivity contribution >= 4 is 17.4 Å². The maximum absolute atomic E-state index is 12.8. The molecule has 1 heterocycles. The molecule has 1 aromatic carbocycles. The fourth-order valence-corrected chi connectivity index (χ4v) is 1.76. The molecule has 0 aliphatic heterocycles. The number of nitrogens with two attached hydrogens (primary N) is 1. The van der Waals surface area contributed by atoms with Crippen molar-refractivity contribution in [3.05, 3.63) is 46.6 Å². The minimum atomic E-state index is -4.45. The van der Waals surface area contributed by atoms with Gasteiger partial charge in [0, 0.05) is 11.2 Å². The number of alkyl halides is 3. The van der Waals surface area contributed by atoms with Gasteiger partial charge >= 0.3 is 6.18 Å². The summed E-state index contributed by atoms with van der Waals surface area (Å²) in [7, 11) is 0. The Morgan fingerprint density at radius 1 is 1.28 bits per heavy atom. The minimum absolute atomic E-state index is 0.0107. The molecule has 0 unspecified atom stereocenters. The van der Waals surface area contributed by atoms with Gasteiger partial charge in [0.2, 0.25) is 0 Å². The standard InChI is InChI=1S/C11H9ClF3N3/c12-8-2-1-7(9(5-8)11(13,14)15)6-18-4-3-10(16)17-18/h1-5H,6H2,(H2,16,17). The summed E-state index contributed by atoms with van der Waals surface area (Å²) in [6.07, 6.45) is -2.93. The van der Waals surface area contributed by atoms with E-state index in [4.69, 9.17) is 17.3 Å². The fourth-order valence-electron chi connectivity index (χ4n) is 1.59. The van der Waals surface area contributed by atoms with E-state index in [1.807, 2.05) is 0 Å². The van der Waals surface area contributed by atoms with Gasteiger partial charge in [-0.3, -0.25) is 4.68 Å². The first-order valence-corrected chi connectivity index (χ1v) is 5.38. The second kappa shape index (κ2) is 4.53. The lowest BCUT2D eigenvalue weighted by molar-refractivity contribution is -0.138. The Bertz CT molecular complexity index is 563. The van der Waals surface area contributed by atoms with Crippen LogP contribution < -0.4 is 5.73 Å². The van der Waals surface area contributed by atoms with E-state index in [1.54, 1.807) is 0 Å². The molecule has 3 nitrogen and oxygen atoms in total. The third kappa shape index (κ3) is 2.76. The van der Waals surface area contributed by atoms with E-state index in [0.29, 0.717) is 0 Å². The summed E-state index contributed by atoms with van der Waals surface area (Å²) in [4.78, 5) is 0. The predicted molar refractivity (Wildman–Crippen MR) is 62.2 cm³/mol. The topological polar surface area (TPSA) is 43.8 Å². The van der Waals surface area contributed by atoms with E-state index >= 15 is 0 Å². The van der Waals surface area contributed by atoms with Crippen LogP contribution in [0.1, 0.15) is 11.1 Å². The normalized spacial score (nSPS) is 11.8. The summed E-state index contributed by atoms with van der Waals surface area (Å²) >= 11 is 5.59. The average molecular weight is 276 g/mol. The summed E-state index contributed by atoms with van der Waals surface area (Å²) in [5.74, 6) is 0.262. The summed E-state index contributed by atoms with van der Waals surface area (Å²) < 4.78 is 39.8. The monoisotopic (exact) mass is 275 g/mol. The first-order valence-electron chi connectivity index (χ1n) is 5.01. The Labute approximate surface area is 106 Å². The van der Waals surface area contributed by atoms with Gasteiger partial charge in [-0.05, 0) is 23.8 Å². The molecule has 0 atom stereocenters. The molecule has 7 heteroatoms. The smallest absolute Gasteiger partial charge is 0.382 e. The molecule has 1 aromatic heterocycles. The summed E-state index contributed by atoms with van der Waals surface area (Å²) in [6, 6.07) is 5.18. The molecular formula is C11H9ClF3N3. The van der Waals surface area contributed by atoms with Crippen molar-refractivity contribution in [2.45, 2.75) is 12.7 Å². The molecular weight excluding hydrogens is 267 g/mol. The van der Waals surface area contributed by atoms with Crippen molar-refractivity contribution in [3.8, 4) is 0 Å². The molecule has 2 aromatic rings. The number of nitrogens with zero attached hydrogens (tertiary/aromatic N) is 2. The molecule has 96 valence electrons. The molecule has 0 aliphatic rings. The Balaban J connectivity index is 2.38. The molecule has 18 heavy (non-hydrogen) atoms. The number of benzene rings is 1. The molecule has 0 fully saturated rings. The third-order valence-electron chi connectivity index (χ3n) is 2.37. The van der Waals surface area contributed by atoms with Crippen LogP contribution in [-0.2, 0) is 12.7 Å². The molecule has 0 radical (unpaired) electrons. The van der Waals surface area contributed by atoms with Crippen LogP contribution in [0.25, 0.3) is 0 Å². The summed E-state index contributed by atoms with van der Waals surface area (Å²) in [5, 5.41) is 3.89. The van der Waals surface area contributed by atoms with E-state index in [2.05, 4.69) is 5.10 Å². The number of hydrogen-bond donors (Lipinski definition) is 1. The van der Waals surface area contributed by atoms with Crippen LogP contribution in [0.3, 0.4) is 0 Å². The van der Waals surface area contributed by atoms with Crippen LogP contribution in [0.15, 0.2) is 30.5 Å². The van der Waals surface area contributed by atoms with E-state index in [-0.39, 0.29) is 22.9 Å². The Kier molecular flexibility index (Phi) is 3.21. The Hall–Kier alpha value is -1.69. The first kappa shape index (κ1) is 12.8. The predicted octanol–water partition coefficient (Wildman–Crippen LogP) is 3.19. The highest BCUT2D eigenvalue weighted by Crippen LogP contribution is 2.34. The summed E-state index contributed by atoms with van der Waals surface area (Å²) in [6.45, 7) is -0.0107. The van der Waals surface area contributed by atoms with E-state index in [9.17, 15) is 13.2 Å². The SMILES string of the molecule is Nc1ccn(Cc2ccc(Cl)cc2C(F)(F)F)n1. The minimum Gasteiger partial charge on any atom is -0.382 e. The third-order valence-corrected chi connectivity index (χ3v) is 2.61. The molecule has 2 N–H and O–H groups in total. The highest BCUT2D eigenvalue weighted by Gasteiger charge is 2.33. The molecule has 0 aliphatic carbocycles. The van der Waals surface area contributed by atoms with Gasteiger partial charge in [0.25, 0.3) is 0 Å². The zero-order chi connectivity index (χ0) is 13.3. The van der Waals surface area contributed by atoms with Crippen molar-refractivity contribution in [2.24, 2.45) is 0 Å². The Morgan fingerprint density at radius 2 is 2.00 bits per heavy atom. The lowest BCUT2D eigenvalue weighted by atomic mass is 10.1. The number of nitrogen functional groups attached to an aromatic ring is 1. The van der Waals surface area contributed by atoms with Crippen molar-refractivity contribution in [1.29, 1.82) is 0 Å². The number of rotatable bonds is 2.